The molecular weight excluding hydrogens is 190 g/mol. The van der Waals surface area contributed by atoms with Crippen LogP contribution in [0.25, 0.3) is 0 Å². The third kappa shape index (κ3) is 1.59. The lowest BCUT2D eigenvalue weighted by Crippen LogP contribution is -2.62. The lowest BCUT2D eigenvalue weighted by Gasteiger charge is -2.45. The van der Waals surface area contributed by atoms with Crippen LogP contribution in [0.5, 0.6) is 0 Å². The lowest BCUT2D eigenvalue weighted by molar-refractivity contribution is -0.131. The van der Waals surface area contributed by atoms with Gasteiger partial charge in [0, 0.05) is 6.42 Å². The third-order valence-corrected chi connectivity index (χ3v) is 3.95. The van der Waals surface area contributed by atoms with Gasteiger partial charge in [0.15, 0.2) is 0 Å². The largest absolute Gasteiger partial charge is 0.387 e. The van der Waals surface area contributed by atoms with Gasteiger partial charge in [-0.3, -0.25) is 4.79 Å². The molecule has 1 saturated heterocycles. The first-order chi connectivity index (χ1) is 7.12. The first-order valence-electron chi connectivity index (χ1n) is 5.76. The quantitative estimate of drug-likeness (QED) is 0.677. The minimum atomic E-state index is -0.759. The molecule has 1 spiro atoms. The van der Waals surface area contributed by atoms with E-state index >= 15 is 0 Å². The van der Waals surface area contributed by atoms with Crippen LogP contribution in [0, 0.1) is 0 Å². The van der Waals surface area contributed by atoms with Crippen LogP contribution in [0.4, 0.5) is 0 Å². The zero-order chi connectivity index (χ0) is 10.9. The molecular formula is C12H19NO2. The second-order valence-corrected chi connectivity index (χ2v) is 4.86. The van der Waals surface area contributed by atoms with E-state index in [1.165, 1.54) is 0 Å². The van der Waals surface area contributed by atoms with Crippen molar-refractivity contribution >= 4 is 5.91 Å². The van der Waals surface area contributed by atoms with Crippen molar-refractivity contribution in [1.29, 1.82) is 0 Å². The molecule has 0 radical (unpaired) electrons. The van der Waals surface area contributed by atoms with Gasteiger partial charge in [0.05, 0.1) is 11.1 Å². The highest BCUT2D eigenvalue weighted by molar-refractivity contribution is 5.78. The molecule has 0 aromatic carbocycles. The molecule has 0 unspecified atom stereocenters. The Bertz CT molecular complexity index is 289. The normalized spacial score (nSPS) is 40.5. The van der Waals surface area contributed by atoms with Crippen molar-refractivity contribution in [2.24, 2.45) is 0 Å². The summed E-state index contributed by atoms with van der Waals surface area (Å²) in [5, 5.41) is 13.6. The van der Waals surface area contributed by atoms with E-state index in [0.717, 1.165) is 32.1 Å². The molecule has 1 aliphatic carbocycles. The minimum absolute atomic E-state index is 0.0886. The van der Waals surface area contributed by atoms with Crippen LogP contribution in [-0.4, -0.2) is 22.2 Å². The third-order valence-electron chi connectivity index (χ3n) is 3.95. The second-order valence-electron chi connectivity index (χ2n) is 4.86. The summed E-state index contributed by atoms with van der Waals surface area (Å²) in [5.74, 6) is 0.0886. The Morgan fingerprint density at radius 1 is 1.40 bits per heavy atom. The molecule has 84 valence electrons. The van der Waals surface area contributed by atoms with Crippen LogP contribution < -0.4 is 5.32 Å². The summed E-state index contributed by atoms with van der Waals surface area (Å²) in [5.41, 5.74) is -1.12. The van der Waals surface area contributed by atoms with Crippen LogP contribution >= 0.6 is 0 Å². The number of nitrogens with one attached hydrogen (secondary N) is 1. The van der Waals surface area contributed by atoms with Gasteiger partial charge in [0.2, 0.25) is 5.91 Å². The summed E-state index contributed by atoms with van der Waals surface area (Å²) >= 11 is 0. The Morgan fingerprint density at radius 3 is 2.80 bits per heavy atom. The van der Waals surface area contributed by atoms with E-state index < -0.39 is 5.60 Å². The van der Waals surface area contributed by atoms with Gasteiger partial charge in [-0.15, -0.1) is 6.58 Å². The smallest absolute Gasteiger partial charge is 0.220 e. The van der Waals surface area contributed by atoms with Crippen molar-refractivity contribution in [3.8, 4) is 0 Å². The maximum atomic E-state index is 11.5. The number of aliphatic hydroxyl groups is 1. The summed E-state index contributed by atoms with van der Waals surface area (Å²) in [6.07, 6.45) is 7.41. The van der Waals surface area contributed by atoms with Crippen molar-refractivity contribution < 1.29 is 9.90 Å². The van der Waals surface area contributed by atoms with Gasteiger partial charge in [-0.1, -0.05) is 6.08 Å². The van der Waals surface area contributed by atoms with Crippen molar-refractivity contribution in [3.63, 3.8) is 0 Å². The number of hydrogen-bond donors (Lipinski definition) is 2. The van der Waals surface area contributed by atoms with Gasteiger partial charge in [-0.2, -0.15) is 0 Å². The predicted molar refractivity (Wildman–Crippen MR) is 58.3 cm³/mol. The van der Waals surface area contributed by atoms with E-state index in [2.05, 4.69) is 11.9 Å². The molecule has 15 heavy (non-hydrogen) atoms. The molecule has 0 aromatic heterocycles. The minimum Gasteiger partial charge on any atom is -0.387 e. The maximum absolute atomic E-state index is 11.5. The van der Waals surface area contributed by atoms with Crippen molar-refractivity contribution in [3.05, 3.63) is 12.7 Å². The van der Waals surface area contributed by atoms with E-state index in [9.17, 15) is 9.90 Å². The van der Waals surface area contributed by atoms with Crippen LogP contribution in [0.2, 0.25) is 0 Å². The molecule has 0 aromatic rings. The predicted octanol–water partition coefficient (Wildman–Crippen LogP) is 1.52. The highest BCUT2D eigenvalue weighted by atomic mass is 16.3. The molecule has 2 N–H and O–H groups in total. The molecule has 1 saturated carbocycles. The fourth-order valence-corrected chi connectivity index (χ4v) is 3.17. The molecule has 3 heteroatoms. The lowest BCUT2D eigenvalue weighted by atomic mass is 9.75. The summed E-state index contributed by atoms with van der Waals surface area (Å²) in [7, 11) is 0. The van der Waals surface area contributed by atoms with E-state index in [-0.39, 0.29) is 11.4 Å². The van der Waals surface area contributed by atoms with E-state index in [1.54, 1.807) is 6.08 Å². The summed E-state index contributed by atoms with van der Waals surface area (Å²) in [6, 6.07) is 0. The molecule has 2 aliphatic rings. The Hall–Kier alpha value is -0.830. The van der Waals surface area contributed by atoms with Gasteiger partial charge < -0.3 is 10.4 Å². The standard InChI is InChI=1S/C12H19NO2/c1-2-6-12(15)9-4-8-11(12)7-3-5-10(14)13-11/h2,15H,1,3-9H2,(H,13,14)/t11-,12+/m0/s1. The average molecular weight is 209 g/mol. The zero-order valence-corrected chi connectivity index (χ0v) is 9.09. The Kier molecular flexibility index (Phi) is 2.59. The second kappa shape index (κ2) is 3.63. The molecule has 2 atom stereocenters. The fourth-order valence-electron chi connectivity index (χ4n) is 3.17. The summed E-state index contributed by atoms with van der Waals surface area (Å²) in [6.45, 7) is 3.69. The van der Waals surface area contributed by atoms with Gasteiger partial charge in [0.1, 0.15) is 0 Å². The fraction of sp³-hybridized carbons (Fsp3) is 0.750. The molecule has 2 fully saturated rings. The molecule has 3 nitrogen and oxygen atoms in total. The van der Waals surface area contributed by atoms with E-state index in [1.807, 2.05) is 0 Å². The molecule has 0 bridgehead atoms. The number of amides is 1. The summed E-state index contributed by atoms with van der Waals surface area (Å²) in [4.78, 5) is 11.5. The van der Waals surface area contributed by atoms with Crippen LogP contribution in [0.3, 0.4) is 0 Å². The van der Waals surface area contributed by atoms with E-state index in [4.69, 9.17) is 0 Å². The monoisotopic (exact) mass is 209 g/mol. The highest BCUT2D eigenvalue weighted by Gasteiger charge is 2.54. The molecule has 1 heterocycles. The van der Waals surface area contributed by atoms with Gasteiger partial charge in [0.25, 0.3) is 0 Å². The zero-order valence-electron chi connectivity index (χ0n) is 9.09. The number of hydrogen-bond acceptors (Lipinski definition) is 2. The topological polar surface area (TPSA) is 49.3 Å². The Balaban J connectivity index is 2.24. The van der Waals surface area contributed by atoms with E-state index in [0.29, 0.717) is 12.8 Å². The highest BCUT2D eigenvalue weighted by Crippen LogP contribution is 2.46. The van der Waals surface area contributed by atoms with Gasteiger partial charge in [-0.05, 0) is 38.5 Å². The number of piperidine rings is 1. The van der Waals surface area contributed by atoms with Crippen LogP contribution in [-0.2, 0) is 4.79 Å². The van der Waals surface area contributed by atoms with Crippen LogP contribution in [0.15, 0.2) is 12.7 Å². The van der Waals surface area contributed by atoms with Crippen LogP contribution in [0.1, 0.15) is 44.9 Å². The maximum Gasteiger partial charge on any atom is 0.220 e. The van der Waals surface area contributed by atoms with Gasteiger partial charge in [-0.25, -0.2) is 0 Å². The van der Waals surface area contributed by atoms with Gasteiger partial charge >= 0.3 is 0 Å². The Morgan fingerprint density at radius 2 is 2.13 bits per heavy atom. The SMILES string of the molecule is C=CC[C@@]1(O)CCC[C@@]12CCCC(=O)N2. The van der Waals surface area contributed by atoms with Crippen molar-refractivity contribution in [1.82, 2.24) is 5.32 Å². The van der Waals surface area contributed by atoms with Crippen molar-refractivity contribution in [2.75, 3.05) is 0 Å². The number of rotatable bonds is 2. The molecule has 1 amide bonds. The number of carbonyl (C=O) groups excluding carboxylic acids is 1. The summed E-state index contributed by atoms with van der Waals surface area (Å²) < 4.78 is 0. The van der Waals surface area contributed by atoms with Crippen molar-refractivity contribution in [2.45, 2.75) is 56.1 Å². The molecule has 1 aliphatic heterocycles. The first-order valence-corrected chi connectivity index (χ1v) is 5.76. The average Bonchev–Trinajstić information content (AvgIpc) is 2.44. The molecule has 2 rings (SSSR count). The number of carbonyl (C=O) groups is 1. The first kappa shape index (κ1) is 10.7. The Labute approximate surface area is 90.6 Å².